The van der Waals surface area contributed by atoms with E-state index >= 15 is 0 Å². The smallest absolute Gasteiger partial charge is 0.149 e. The number of benzene rings is 6. The molecule has 58 heavy (non-hydrogen) atoms. The number of hydrogen-bond acceptors (Lipinski definition) is 3. The van der Waals surface area contributed by atoms with Crippen LogP contribution in [0.1, 0.15) is 90.8 Å². The van der Waals surface area contributed by atoms with Crippen molar-refractivity contribution in [3.8, 4) is 67.5 Å². The SMILES string of the molecule is [2H]C(C)(C)c1ccc(-c2ccnc(-c3cc(-c4cccc5c4nc(-c4cc(C)cc(C)c4O)n5-c4ccc(-c5ccccc5)c(C([2H])(C)C)c4)cc(C(C)(C)C)c3)c2)cc1. The predicted molar refractivity (Wildman–Crippen MR) is 244 cm³/mol. The van der Waals surface area contributed by atoms with E-state index in [1.807, 2.05) is 96.3 Å². The van der Waals surface area contributed by atoms with E-state index in [1.54, 1.807) is 0 Å². The Morgan fingerprint density at radius 3 is 2.07 bits per heavy atom. The molecule has 0 fully saturated rings. The predicted octanol–water partition coefficient (Wildman–Crippen LogP) is 14.6. The van der Waals surface area contributed by atoms with Crippen molar-refractivity contribution in [2.24, 2.45) is 0 Å². The molecule has 0 atom stereocenters. The summed E-state index contributed by atoms with van der Waals surface area (Å²) in [5.74, 6) is -0.743. The molecule has 8 aromatic rings. The average Bonchev–Trinajstić information content (AvgIpc) is 3.61. The van der Waals surface area contributed by atoms with E-state index in [0.29, 0.717) is 11.4 Å². The lowest BCUT2D eigenvalue weighted by atomic mass is 9.83. The van der Waals surface area contributed by atoms with Gasteiger partial charge in [0, 0.05) is 25.8 Å². The highest BCUT2D eigenvalue weighted by Gasteiger charge is 2.24. The van der Waals surface area contributed by atoms with Crippen LogP contribution in [0.5, 0.6) is 5.75 Å². The zero-order valence-corrected chi connectivity index (χ0v) is 35.1. The van der Waals surface area contributed by atoms with Crippen molar-refractivity contribution in [3.63, 3.8) is 0 Å². The van der Waals surface area contributed by atoms with Crippen molar-refractivity contribution >= 4 is 11.0 Å². The number of aromatic nitrogens is 3. The fourth-order valence-electron chi connectivity index (χ4n) is 7.99. The number of pyridine rings is 1. The Bertz CT molecular complexity index is 2890. The highest BCUT2D eigenvalue weighted by molar-refractivity contribution is 5.97. The zero-order valence-electron chi connectivity index (χ0n) is 37.1. The molecule has 4 heteroatoms. The molecule has 6 aromatic carbocycles. The Morgan fingerprint density at radius 2 is 1.36 bits per heavy atom. The summed E-state index contributed by atoms with van der Waals surface area (Å²) in [6.45, 7) is 18.3. The van der Waals surface area contributed by atoms with Crippen molar-refractivity contribution in [3.05, 3.63) is 167 Å². The second-order valence-electron chi connectivity index (χ2n) is 17.1. The monoisotopic (exact) mass is 761 g/mol. The molecule has 8 rings (SSSR count). The summed E-state index contributed by atoms with van der Waals surface area (Å²) in [6, 6.07) is 46.1. The number of rotatable bonds is 8. The lowest BCUT2D eigenvalue weighted by molar-refractivity contribution is 0.472. The summed E-state index contributed by atoms with van der Waals surface area (Å²) < 4.78 is 19.9. The maximum atomic E-state index is 11.7. The standard InChI is InChI=1S/C54H53N3O/c1-33(2)37-18-20-38(21-19-37)40-24-25-55-49(31-40)42-28-41(29-43(30-42)54(7,8)9)46-16-13-17-50-51(46)56-53(48-27-35(5)26-36(6)52(48)58)57(50)44-22-23-45(47(32-44)34(3)4)39-14-11-10-12-15-39/h10-34,58H,1-9H3/i33D,34D. The number of aryl methyl sites for hydroxylation is 2. The Labute approximate surface area is 346 Å². The molecule has 1 N–H and O–H groups in total. The number of phenols is 1. The quantitative estimate of drug-likeness (QED) is 0.168. The van der Waals surface area contributed by atoms with Gasteiger partial charge in [-0.05, 0) is 135 Å². The molecule has 0 radical (unpaired) electrons. The van der Waals surface area contributed by atoms with Crippen LogP contribution < -0.4 is 0 Å². The van der Waals surface area contributed by atoms with Crippen LogP contribution >= 0.6 is 0 Å². The van der Waals surface area contributed by atoms with Gasteiger partial charge in [-0.25, -0.2) is 4.98 Å². The highest BCUT2D eigenvalue weighted by Crippen LogP contribution is 2.42. The molecule has 0 amide bonds. The van der Waals surface area contributed by atoms with Crippen LogP contribution in [-0.2, 0) is 5.41 Å². The van der Waals surface area contributed by atoms with E-state index in [2.05, 4.69) is 110 Å². The molecule has 290 valence electrons. The largest absolute Gasteiger partial charge is 0.507 e. The third-order valence-corrected chi connectivity index (χ3v) is 11.2. The molecule has 2 aromatic heterocycles. The first kappa shape index (κ1) is 36.1. The maximum absolute atomic E-state index is 11.7. The van der Waals surface area contributed by atoms with E-state index in [1.165, 1.54) is 5.56 Å². The van der Waals surface area contributed by atoms with Crippen LogP contribution in [0.4, 0.5) is 0 Å². The molecule has 0 aliphatic carbocycles. The fourth-order valence-corrected chi connectivity index (χ4v) is 7.99. The van der Waals surface area contributed by atoms with E-state index in [9.17, 15) is 6.48 Å². The molecule has 0 saturated heterocycles. The van der Waals surface area contributed by atoms with Gasteiger partial charge < -0.3 is 5.11 Å². The summed E-state index contributed by atoms with van der Waals surface area (Å²) in [7, 11) is 0. The molecule has 0 aliphatic heterocycles. The van der Waals surface area contributed by atoms with Crippen LogP contribution in [0.2, 0.25) is 0 Å². The van der Waals surface area contributed by atoms with Crippen molar-refractivity contribution in [2.45, 2.75) is 79.5 Å². The minimum absolute atomic E-state index is 0.162. The normalized spacial score (nSPS) is 12.8. The van der Waals surface area contributed by atoms with E-state index < -0.39 is 11.8 Å². The number of imidazole rings is 1. The van der Waals surface area contributed by atoms with Gasteiger partial charge in [0.25, 0.3) is 0 Å². The summed E-state index contributed by atoms with van der Waals surface area (Å²) in [6.07, 6.45) is 1.87. The molecular formula is C54H53N3O. The second kappa shape index (κ2) is 15.2. The number of aromatic hydroxyl groups is 1. The molecule has 0 unspecified atom stereocenters. The summed E-state index contributed by atoms with van der Waals surface area (Å²) in [4.78, 5) is 10.4. The number of hydrogen-bond donors (Lipinski definition) is 1. The molecular weight excluding hydrogens is 707 g/mol. The molecule has 0 aliphatic rings. The van der Waals surface area contributed by atoms with Crippen LogP contribution in [-0.4, -0.2) is 19.6 Å². The van der Waals surface area contributed by atoms with Gasteiger partial charge in [0.05, 0.1) is 22.3 Å². The van der Waals surface area contributed by atoms with E-state index in [0.717, 1.165) is 83.6 Å². The topological polar surface area (TPSA) is 50.9 Å². The van der Waals surface area contributed by atoms with Crippen LogP contribution in [0.3, 0.4) is 0 Å². The van der Waals surface area contributed by atoms with Crippen LogP contribution in [0.15, 0.2) is 140 Å². The number of phenolic OH excluding ortho intramolecular Hbond substituents is 1. The van der Waals surface area contributed by atoms with Gasteiger partial charge in [-0.2, -0.15) is 0 Å². The minimum Gasteiger partial charge on any atom is -0.507 e. The Hall–Kier alpha value is -6.26. The third-order valence-electron chi connectivity index (χ3n) is 11.2. The highest BCUT2D eigenvalue weighted by atomic mass is 16.3. The summed E-state index contributed by atoms with van der Waals surface area (Å²) >= 11 is 0. The first-order valence-corrected chi connectivity index (χ1v) is 20.1. The van der Waals surface area contributed by atoms with Gasteiger partial charge in [-0.15, -0.1) is 0 Å². The molecule has 0 bridgehead atoms. The minimum atomic E-state index is -0.900. The molecule has 2 heterocycles. The second-order valence-corrected chi connectivity index (χ2v) is 17.1. The first-order valence-electron chi connectivity index (χ1n) is 21.1. The number of nitrogens with zero attached hydrogens (tertiary/aromatic N) is 3. The number of para-hydroxylation sites is 1. The molecule has 0 saturated carbocycles. The molecule has 0 spiro atoms. The van der Waals surface area contributed by atoms with Gasteiger partial charge in [0.15, 0.2) is 0 Å². The third kappa shape index (κ3) is 7.36. The Balaban J connectivity index is 1.35. The van der Waals surface area contributed by atoms with Crippen molar-refractivity contribution < 1.29 is 7.85 Å². The Kier molecular flexibility index (Phi) is 9.49. The lowest BCUT2D eigenvalue weighted by Crippen LogP contribution is -2.11. The summed E-state index contributed by atoms with van der Waals surface area (Å²) in [5.41, 5.74) is 16.0. The van der Waals surface area contributed by atoms with Crippen LogP contribution in [0.25, 0.3) is 72.7 Å². The number of fused-ring (bicyclic) bond motifs is 1. The fraction of sp³-hybridized carbons (Fsp3) is 0.222. The van der Waals surface area contributed by atoms with Gasteiger partial charge in [0.2, 0.25) is 0 Å². The maximum Gasteiger partial charge on any atom is 0.149 e. The lowest BCUT2D eigenvalue weighted by Gasteiger charge is -2.22. The van der Waals surface area contributed by atoms with Crippen molar-refractivity contribution in [1.29, 1.82) is 0 Å². The van der Waals surface area contributed by atoms with Gasteiger partial charge in [-0.1, -0.05) is 133 Å². The van der Waals surface area contributed by atoms with Crippen LogP contribution in [0, 0.1) is 13.8 Å². The van der Waals surface area contributed by atoms with E-state index in [-0.39, 0.29) is 11.2 Å². The summed E-state index contributed by atoms with van der Waals surface area (Å²) in [5, 5.41) is 11.7. The Morgan fingerprint density at radius 1 is 0.621 bits per heavy atom. The molecule has 4 nitrogen and oxygen atoms in total. The van der Waals surface area contributed by atoms with E-state index in [4.69, 9.17) is 11.3 Å². The van der Waals surface area contributed by atoms with Gasteiger partial charge >= 0.3 is 0 Å². The average molecular weight is 762 g/mol. The van der Waals surface area contributed by atoms with Gasteiger partial charge in [-0.3, -0.25) is 9.55 Å². The van der Waals surface area contributed by atoms with Crippen molar-refractivity contribution in [2.75, 3.05) is 0 Å². The zero-order chi connectivity index (χ0) is 42.7. The first-order chi connectivity index (χ1) is 28.4. The van der Waals surface area contributed by atoms with Crippen molar-refractivity contribution in [1.82, 2.24) is 14.5 Å². The van der Waals surface area contributed by atoms with Gasteiger partial charge in [0.1, 0.15) is 11.6 Å².